The highest BCUT2D eigenvalue weighted by Gasteiger charge is 2.15. The van der Waals surface area contributed by atoms with E-state index >= 15 is 0 Å². The summed E-state index contributed by atoms with van der Waals surface area (Å²) in [5.41, 5.74) is 2.06. The van der Waals surface area contributed by atoms with E-state index in [2.05, 4.69) is 4.98 Å². The minimum atomic E-state index is -1.46. The number of fused-ring (bicyclic) bond motifs is 1. The van der Waals surface area contributed by atoms with Crippen molar-refractivity contribution >= 4 is 22.7 Å². The molecular formula is C19H15NO4. The summed E-state index contributed by atoms with van der Waals surface area (Å²) in [7, 11) is 0. The maximum atomic E-state index is 11.5. The number of ether oxygens (including phenoxy) is 1. The minimum absolute atomic E-state index is 0.262. The predicted octanol–water partition coefficient (Wildman–Crippen LogP) is 3.01. The molecule has 0 aliphatic rings. The number of Topliss-reactive ketones (excluding diaryl/α,β-unsaturated/α-hetero) is 1. The number of rotatable bonds is 6. The molecule has 0 aliphatic heterocycles. The van der Waals surface area contributed by atoms with Crippen LogP contribution in [-0.2, 0) is 22.6 Å². The zero-order chi connectivity index (χ0) is 16.9. The SMILES string of the molecule is O=C(O)C(=O)Cc1cc(OCc2ccccc2)c2ccccc2n1. The predicted molar refractivity (Wildman–Crippen MR) is 88.9 cm³/mol. The summed E-state index contributed by atoms with van der Waals surface area (Å²) < 4.78 is 5.89. The van der Waals surface area contributed by atoms with Crippen LogP contribution in [0.25, 0.3) is 10.9 Å². The lowest BCUT2D eigenvalue weighted by Gasteiger charge is -2.11. The molecule has 0 spiro atoms. The van der Waals surface area contributed by atoms with Gasteiger partial charge in [0.05, 0.1) is 17.6 Å². The Morgan fingerprint density at radius 1 is 1.00 bits per heavy atom. The number of carbonyl (C=O) groups excluding carboxylic acids is 1. The molecule has 0 unspecified atom stereocenters. The Morgan fingerprint density at radius 3 is 2.46 bits per heavy atom. The number of carbonyl (C=O) groups is 2. The summed E-state index contributed by atoms with van der Waals surface area (Å²) in [5, 5.41) is 9.59. The van der Waals surface area contributed by atoms with Crippen LogP contribution in [0, 0.1) is 0 Å². The van der Waals surface area contributed by atoms with Crippen molar-refractivity contribution < 1.29 is 19.4 Å². The molecule has 0 atom stereocenters. The topological polar surface area (TPSA) is 76.5 Å². The molecule has 0 amide bonds. The lowest BCUT2D eigenvalue weighted by Crippen LogP contribution is -2.16. The van der Waals surface area contributed by atoms with E-state index in [1.54, 1.807) is 12.1 Å². The van der Waals surface area contributed by atoms with Gasteiger partial charge in [0.2, 0.25) is 5.78 Å². The molecular weight excluding hydrogens is 306 g/mol. The van der Waals surface area contributed by atoms with Gasteiger partial charge in [-0.1, -0.05) is 42.5 Å². The van der Waals surface area contributed by atoms with Gasteiger partial charge in [-0.3, -0.25) is 9.78 Å². The molecule has 3 aromatic rings. The van der Waals surface area contributed by atoms with Crippen molar-refractivity contribution in [3.63, 3.8) is 0 Å². The number of carboxylic acids is 1. The molecule has 0 saturated carbocycles. The van der Waals surface area contributed by atoms with Crippen LogP contribution in [0.5, 0.6) is 5.75 Å². The molecule has 5 nitrogen and oxygen atoms in total. The Bertz CT molecular complexity index is 890. The van der Waals surface area contributed by atoms with E-state index in [1.807, 2.05) is 48.5 Å². The highest BCUT2D eigenvalue weighted by molar-refractivity contribution is 6.33. The van der Waals surface area contributed by atoms with E-state index in [9.17, 15) is 9.59 Å². The smallest absolute Gasteiger partial charge is 0.372 e. The van der Waals surface area contributed by atoms with Gasteiger partial charge in [0, 0.05) is 11.5 Å². The molecule has 2 aromatic carbocycles. The van der Waals surface area contributed by atoms with Crippen molar-refractivity contribution in [2.45, 2.75) is 13.0 Å². The summed E-state index contributed by atoms with van der Waals surface area (Å²) in [6.45, 7) is 0.376. The van der Waals surface area contributed by atoms with Crippen LogP contribution in [0.1, 0.15) is 11.3 Å². The summed E-state index contributed by atoms with van der Waals surface area (Å²) in [6, 6.07) is 18.7. The van der Waals surface area contributed by atoms with Gasteiger partial charge < -0.3 is 9.84 Å². The van der Waals surface area contributed by atoms with Crippen molar-refractivity contribution in [1.82, 2.24) is 4.98 Å². The number of hydrogen-bond donors (Lipinski definition) is 1. The fourth-order valence-electron chi connectivity index (χ4n) is 2.38. The Morgan fingerprint density at radius 2 is 1.71 bits per heavy atom. The number of aromatic nitrogens is 1. The third kappa shape index (κ3) is 3.57. The molecule has 0 radical (unpaired) electrons. The summed E-state index contributed by atoms with van der Waals surface area (Å²) in [6.07, 6.45) is -0.262. The highest BCUT2D eigenvalue weighted by atomic mass is 16.5. The molecule has 0 fully saturated rings. The third-order valence-corrected chi connectivity index (χ3v) is 3.55. The van der Waals surface area contributed by atoms with Gasteiger partial charge in [-0.05, 0) is 17.7 Å². The van der Waals surface area contributed by atoms with Crippen LogP contribution >= 0.6 is 0 Å². The van der Waals surface area contributed by atoms with Gasteiger partial charge in [0.1, 0.15) is 12.4 Å². The molecule has 1 aromatic heterocycles. The summed E-state index contributed by atoms with van der Waals surface area (Å²) >= 11 is 0. The van der Waals surface area contributed by atoms with Gasteiger partial charge in [-0.25, -0.2) is 4.79 Å². The molecule has 24 heavy (non-hydrogen) atoms. The number of hydrogen-bond acceptors (Lipinski definition) is 4. The maximum Gasteiger partial charge on any atom is 0.372 e. The first kappa shape index (κ1) is 15.7. The molecule has 5 heteroatoms. The number of benzene rings is 2. The number of carboxylic acid groups (broad SMARTS) is 1. The first-order valence-corrected chi connectivity index (χ1v) is 7.45. The summed E-state index contributed by atoms with van der Waals surface area (Å²) in [5.74, 6) is -1.78. The Hall–Kier alpha value is -3.21. The molecule has 0 bridgehead atoms. The first-order chi connectivity index (χ1) is 11.6. The molecule has 0 aliphatic carbocycles. The molecule has 3 rings (SSSR count). The van der Waals surface area contributed by atoms with E-state index in [0.29, 0.717) is 23.6 Å². The molecule has 0 saturated heterocycles. The largest absolute Gasteiger partial charge is 0.488 e. The Kier molecular flexibility index (Phi) is 4.52. The van der Waals surface area contributed by atoms with E-state index in [4.69, 9.17) is 9.84 Å². The monoisotopic (exact) mass is 321 g/mol. The Balaban J connectivity index is 1.92. The van der Waals surface area contributed by atoms with Gasteiger partial charge in [0.15, 0.2) is 0 Å². The number of para-hydroxylation sites is 1. The van der Waals surface area contributed by atoms with Crippen LogP contribution in [0.15, 0.2) is 60.7 Å². The van der Waals surface area contributed by atoms with Gasteiger partial charge in [0.25, 0.3) is 0 Å². The van der Waals surface area contributed by atoms with E-state index < -0.39 is 11.8 Å². The lowest BCUT2D eigenvalue weighted by atomic mass is 10.1. The number of ketones is 1. The van der Waals surface area contributed by atoms with Crippen molar-refractivity contribution in [2.75, 3.05) is 0 Å². The van der Waals surface area contributed by atoms with E-state index in [1.165, 1.54) is 0 Å². The molecule has 1 heterocycles. The average molecular weight is 321 g/mol. The zero-order valence-electron chi connectivity index (χ0n) is 12.8. The van der Waals surface area contributed by atoms with Crippen LogP contribution in [0.2, 0.25) is 0 Å². The van der Waals surface area contributed by atoms with Crippen LogP contribution in [0.3, 0.4) is 0 Å². The normalized spacial score (nSPS) is 10.5. The Labute approximate surface area is 138 Å². The molecule has 1 N–H and O–H groups in total. The van der Waals surface area contributed by atoms with Crippen LogP contribution in [0.4, 0.5) is 0 Å². The maximum absolute atomic E-state index is 11.5. The van der Waals surface area contributed by atoms with Crippen molar-refractivity contribution in [2.24, 2.45) is 0 Å². The average Bonchev–Trinajstić information content (AvgIpc) is 2.60. The first-order valence-electron chi connectivity index (χ1n) is 7.45. The third-order valence-electron chi connectivity index (χ3n) is 3.55. The number of aliphatic carboxylic acids is 1. The van der Waals surface area contributed by atoms with E-state index in [-0.39, 0.29) is 6.42 Å². The van der Waals surface area contributed by atoms with Gasteiger partial charge in [-0.15, -0.1) is 0 Å². The summed E-state index contributed by atoms with van der Waals surface area (Å²) in [4.78, 5) is 26.6. The van der Waals surface area contributed by atoms with Gasteiger partial charge >= 0.3 is 5.97 Å². The van der Waals surface area contributed by atoms with Crippen LogP contribution < -0.4 is 4.74 Å². The standard InChI is InChI=1S/C19H15NO4/c21-17(19(22)23)10-14-11-18(15-8-4-5-9-16(15)20-14)24-12-13-6-2-1-3-7-13/h1-9,11H,10,12H2,(H,22,23). The second-order valence-corrected chi connectivity index (χ2v) is 5.31. The minimum Gasteiger partial charge on any atom is -0.488 e. The van der Waals surface area contributed by atoms with Gasteiger partial charge in [-0.2, -0.15) is 0 Å². The van der Waals surface area contributed by atoms with E-state index in [0.717, 1.165) is 10.9 Å². The lowest BCUT2D eigenvalue weighted by molar-refractivity contribution is -0.148. The molecule has 120 valence electrons. The van der Waals surface area contributed by atoms with Crippen LogP contribution in [-0.4, -0.2) is 21.8 Å². The van der Waals surface area contributed by atoms with Crippen molar-refractivity contribution in [1.29, 1.82) is 0 Å². The zero-order valence-corrected chi connectivity index (χ0v) is 12.8. The second kappa shape index (κ2) is 6.91. The number of nitrogens with zero attached hydrogens (tertiary/aromatic N) is 1. The number of pyridine rings is 1. The van der Waals surface area contributed by atoms with Crippen molar-refractivity contribution in [3.05, 3.63) is 71.9 Å². The quantitative estimate of drug-likeness (QED) is 0.706. The fourth-order valence-corrected chi connectivity index (χ4v) is 2.38. The fraction of sp³-hybridized carbons (Fsp3) is 0.105. The van der Waals surface area contributed by atoms with Crippen molar-refractivity contribution in [3.8, 4) is 5.75 Å². The second-order valence-electron chi connectivity index (χ2n) is 5.31. The highest BCUT2D eigenvalue weighted by Crippen LogP contribution is 2.26.